The zero-order chi connectivity index (χ0) is 15.5. The van der Waals surface area contributed by atoms with Gasteiger partial charge in [-0.1, -0.05) is 48.5 Å². The summed E-state index contributed by atoms with van der Waals surface area (Å²) in [6.07, 6.45) is 4.36. The molecule has 0 amide bonds. The Morgan fingerprint density at radius 3 is 1.91 bits per heavy atom. The lowest BCUT2D eigenvalue weighted by Crippen LogP contribution is -2.01. The highest BCUT2D eigenvalue weighted by Gasteiger charge is 2.11. The maximum atomic E-state index is 11.5. The summed E-state index contributed by atoms with van der Waals surface area (Å²) < 4.78 is 0. The van der Waals surface area contributed by atoms with Crippen molar-refractivity contribution in [2.45, 2.75) is 26.2 Å². The van der Waals surface area contributed by atoms with Crippen LogP contribution in [0.3, 0.4) is 0 Å². The molecule has 1 aliphatic rings. The van der Waals surface area contributed by atoms with Gasteiger partial charge in [-0.25, -0.2) is 0 Å². The Morgan fingerprint density at radius 1 is 0.818 bits per heavy atom. The van der Waals surface area contributed by atoms with Crippen LogP contribution in [0.2, 0.25) is 0 Å². The van der Waals surface area contributed by atoms with Gasteiger partial charge in [0.2, 0.25) is 0 Å². The van der Waals surface area contributed by atoms with Gasteiger partial charge < -0.3 is 0 Å². The van der Waals surface area contributed by atoms with Crippen LogP contribution in [0.4, 0.5) is 0 Å². The normalized spacial score (nSPS) is 14.6. The Bertz CT molecular complexity index is 734. The fraction of sp³-hybridized carbons (Fsp3) is 0.200. The van der Waals surface area contributed by atoms with E-state index in [1.165, 1.54) is 0 Å². The lowest BCUT2D eigenvalue weighted by Gasteiger charge is -2.12. The Morgan fingerprint density at radius 2 is 1.36 bits per heavy atom. The van der Waals surface area contributed by atoms with Crippen molar-refractivity contribution in [3.63, 3.8) is 0 Å². The minimum Gasteiger partial charge on any atom is -0.295 e. The largest absolute Gasteiger partial charge is 0.295 e. The molecule has 0 unspecified atom stereocenters. The van der Waals surface area contributed by atoms with Crippen LogP contribution in [-0.4, -0.2) is 11.6 Å². The van der Waals surface area contributed by atoms with Crippen LogP contribution in [0, 0.1) is 0 Å². The molecule has 22 heavy (non-hydrogen) atoms. The van der Waals surface area contributed by atoms with Crippen LogP contribution in [0.25, 0.3) is 16.7 Å². The maximum Gasteiger partial charge on any atom is 0.159 e. The van der Waals surface area contributed by atoms with Crippen molar-refractivity contribution in [3.05, 3.63) is 65.7 Å². The predicted octanol–water partition coefficient (Wildman–Crippen LogP) is 4.69. The Kier molecular flexibility index (Phi) is 4.01. The molecule has 0 saturated heterocycles. The van der Waals surface area contributed by atoms with Crippen molar-refractivity contribution in [3.8, 4) is 11.1 Å². The second-order valence-electron chi connectivity index (χ2n) is 5.70. The third-order valence-corrected chi connectivity index (χ3v) is 4.08. The Hall–Kier alpha value is -2.48. The van der Waals surface area contributed by atoms with E-state index in [4.69, 9.17) is 0 Å². The third kappa shape index (κ3) is 3.06. The van der Waals surface area contributed by atoms with Gasteiger partial charge in [0.25, 0.3) is 0 Å². The smallest absolute Gasteiger partial charge is 0.159 e. The van der Waals surface area contributed by atoms with Crippen LogP contribution < -0.4 is 0 Å². The molecule has 2 aromatic rings. The fourth-order valence-electron chi connectivity index (χ4n) is 2.79. The van der Waals surface area contributed by atoms with Crippen molar-refractivity contribution in [2.75, 3.05) is 0 Å². The molecule has 0 bridgehead atoms. The summed E-state index contributed by atoms with van der Waals surface area (Å²) in [5.74, 6) is 0.306. The van der Waals surface area contributed by atoms with Gasteiger partial charge in [-0.05, 0) is 48.1 Å². The fourth-order valence-corrected chi connectivity index (χ4v) is 2.79. The quantitative estimate of drug-likeness (QED) is 0.768. The van der Waals surface area contributed by atoms with E-state index in [9.17, 15) is 9.59 Å². The minimum atomic E-state index is 0.0794. The van der Waals surface area contributed by atoms with Crippen molar-refractivity contribution in [1.82, 2.24) is 0 Å². The summed E-state index contributed by atoms with van der Waals surface area (Å²) in [6, 6.07) is 15.9. The number of rotatable bonds is 3. The molecule has 3 rings (SSSR count). The van der Waals surface area contributed by atoms with Crippen LogP contribution in [0.15, 0.2) is 54.6 Å². The van der Waals surface area contributed by atoms with Crippen molar-refractivity contribution in [1.29, 1.82) is 0 Å². The molecule has 0 saturated carbocycles. The number of benzene rings is 2. The van der Waals surface area contributed by atoms with Crippen LogP contribution in [-0.2, 0) is 4.79 Å². The second-order valence-corrected chi connectivity index (χ2v) is 5.70. The number of hydrogen-bond donors (Lipinski definition) is 0. The minimum absolute atomic E-state index is 0.0794. The molecule has 0 spiro atoms. The lowest BCUT2D eigenvalue weighted by atomic mass is 9.92. The number of Topliss-reactive ketones (excluding diaryl/α,β-unsaturated/α-hetero) is 1. The molecule has 1 aliphatic carbocycles. The van der Waals surface area contributed by atoms with E-state index in [2.05, 4.69) is 24.3 Å². The second kappa shape index (κ2) is 6.10. The number of ketones is 2. The van der Waals surface area contributed by atoms with E-state index in [1.807, 2.05) is 24.3 Å². The van der Waals surface area contributed by atoms with Gasteiger partial charge in [0.05, 0.1) is 0 Å². The van der Waals surface area contributed by atoms with Crippen molar-refractivity contribution in [2.24, 2.45) is 0 Å². The molecule has 0 aliphatic heterocycles. The van der Waals surface area contributed by atoms with Crippen LogP contribution >= 0.6 is 0 Å². The predicted molar refractivity (Wildman–Crippen MR) is 88.7 cm³/mol. The molecule has 2 aromatic carbocycles. The zero-order valence-electron chi connectivity index (χ0n) is 12.6. The van der Waals surface area contributed by atoms with Gasteiger partial charge in [-0.3, -0.25) is 9.59 Å². The number of carbonyl (C=O) groups excluding carboxylic acids is 2. The first-order chi connectivity index (χ1) is 10.6. The molecular weight excluding hydrogens is 272 g/mol. The van der Waals surface area contributed by atoms with Crippen molar-refractivity contribution < 1.29 is 9.59 Å². The molecular formula is C20H18O2. The van der Waals surface area contributed by atoms with Crippen molar-refractivity contribution >= 4 is 17.1 Å². The first-order valence-electron chi connectivity index (χ1n) is 7.59. The van der Waals surface area contributed by atoms with Crippen LogP contribution in [0.5, 0.6) is 0 Å². The van der Waals surface area contributed by atoms with E-state index in [0.717, 1.165) is 40.7 Å². The summed E-state index contributed by atoms with van der Waals surface area (Å²) >= 11 is 0. The molecule has 0 fully saturated rings. The highest BCUT2D eigenvalue weighted by molar-refractivity contribution is 5.98. The average Bonchev–Trinajstić information content (AvgIpc) is 2.55. The molecule has 0 aromatic heterocycles. The number of allylic oxidation sites excluding steroid dienone is 2. The third-order valence-electron chi connectivity index (χ3n) is 4.08. The molecule has 2 nitrogen and oxygen atoms in total. The van der Waals surface area contributed by atoms with Gasteiger partial charge in [0, 0.05) is 12.0 Å². The number of carbonyl (C=O) groups is 2. The molecule has 0 atom stereocenters. The van der Waals surface area contributed by atoms with Crippen LogP contribution in [0.1, 0.15) is 42.1 Å². The molecule has 110 valence electrons. The first-order valence-corrected chi connectivity index (χ1v) is 7.59. The summed E-state index contributed by atoms with van der Waals surface area (Å²) in [4.78, 5) is 22.8. The number of hydrogen-bond acceptors (Lipinski definition) is 2. The van der Waals surface area contributed by atoms with Gasteiger partial charge in [-0.2, -0.15) is 0 Å². The van der Waals surface area contributed by atoms with E-state index < -0.39 is 0 Å². The maximum absolute atomic E-state index is 11.5. The van der Waals surface area contributed by atoms with Gasteiger partial charge in [0.1, 0.15) is 0 Å². The summed E-state index contributed by atoms with van der Waals surface area (Å²) in [6.45, 7) is 1.57. The van der Waals surface area contributed by atoms with Gasteiger partial charge >= 0.3 is 0 Å². The molecule has 2 heteroatoms. The summed E-state index contributed by atoms with van der Waals surface area (Å²) in [7, 11) is 0. The highest BCUT2D eigenvalue weighted by Crippen LogP contribution is 2.28. The summed E-state index contributed by atoms with van der Waals surface area (Å²) in [5.41, 5.74) is 5.19. The molecule has 0 N–H and O–H groups in total. The van der Waals surface area contributed by atoms with E-state index in [0.29, 0.717) is 6.42 Å². The van der Waals surface area contributed by atoms with Gasteiger partial charge in [0.15, 0.2) is 11.6 Å². The zero-order valence-corrected chi connectivity index (χ0v) is 12.6. The molecule has 0 heterocycles. The van der Waals surface area contributed by atoms with E-state index in [1.54, 1.807) is 13.0 Å². The summed E-state index contributed by atoms with van der Waals surface area (Å²) in [5, 5.41) is 0. The SMILES string of the molecule is CC(=O)c1ccc(-c2ccc(C3=CC(=O)CCC3)cc2)cc1. The highest BCUT2D eigenvalue weighted by atomic mass is 16.1. The Balaban J connectivity index is 1.85. The van der Waals surface area contributed by atoms with E-state index in [-0.39, 0.29) is 11.6 Å². The topological polar surface area (TPSA) is 34.1 Å². The monoisotopic (exact) mass is 290 g/mol. The van der Waals surface area contributed by atoms with Gasteiger partial charge in [-0.15, -0.1) is 0 Å². The average molecular weight is 290 g/mol. The standard InChI is InChI=1S/C20H18O2/c1-14(21)15-5-7-16(8-6-15)17-9-11-18(12-10-17)19-3-2-4-20(22)13-19/h5-13H,2-4H2,1H3. The lowest BCUT2D eigenvalue weighted by molar-refractivity contribution is -0.114. The Labute approximate surface area is 130 Å². The first kappa shape index (κ1) is 14.5. The van der Waals surface area contributed by atoms with E-state index >= 15 is 0 Å². The molecule has 0 radical (unpaired) electrons.